The van der Waals surface area contributed by atoms with Crippen LogP contribution in [-0.4, -0.2) is 26.3 Å². The average molecular weight is 201 g/mol. The average Bonchev–Trinajstić information content (AvgIpc) is 2.77. The zero-order chi connectivity index (χ0) is 10.1. The monoisotopic (exact) mass is 201 g/mol. The van der Waals surface area contributed by atoms with Crippen molar-refractivity contribution in [1.29, 1.82) is 0 Å². The van der Waals surface area contributed by atoms with Gasteiger partial charge in [-0.05, 0) is 17.7 Å². The van der Waals surface area contributed by atoms with Crippen LogP contribution in [0.1, 0.15) is 11.5 Å². The van der Waals surface area contributed by atoms with Gasteiger partial charge in [-0.2, -0.15) is 10.1 Å². The quantitative estimate of drug-likeness (QED) is 0.744. The number of rotatable bonds is 1. The Bertz CT molecular complexity index is 450. The summed E-state index contributed by atoms with van der Waals surface area (Å²) in [7, 11) is 0. The highest BCUT2D eigenvalue weighted by molar-refractivity contribution is 5.30. The molecule has 5 heteroatoms. The Morgan fingerprint density at radius 1 is 1.33 bits per heavy atom. The lowest BCUT2D eigenvalue weighted by atomic mass is 9.99. The molecule has 0 aromatic carbocycles. The van der Waals surface area contributed by atoms with Gasteiger partial charge in [0.2, 0.25) is 5.95 Å². The van der Waals surface area contributed by atoms with Gasteiger partial charge >= 0.3 is 0 Å². The van der Waals surface area contributed by atoms with Crippen LogP contribution < -0.4 is 5.32 Å². The van der Waals surface area contributed by atoms with Crippen LogP contribution in [-0.2, 0) is 6.54 Å². The van der Waals surface area contributed by atoms with Crippen molar-refractivity contribution in [3.63, 3.8) is 0 Å². The molecule has 0 radical (unpaired) electrons. The first-order valence-corrected chi connectivity index (χ1v) is 4.95. The minimum Gasteiger partial charge on any atom is -0.354 e. The van der Waals surface area contributed by atoms with Crippen LogP contribution in [0.5, 0.6) is 0 Å². The Morgan fingerprint density at radius 2 is 2.20 bits per heavy atom. The van der Waals surface area contributed by atoms with Crippen molar-refractivity contribution in [2.45, 2.75) is 12.5 Å². The third-order valence-corrected chi connectivity index (χ3v) is 2.69. The molecule has 0 saturated heterocycles. The molecule has 2 aromatic rings. The van der Waals surface area contributed by atoms with E-state index in [0.717, 1.165) is 19.0 Å². The van der Waals surface area contributed by atoms with Crippen LogP contribution in [0.25, 0.3) is 0 Å². The Labute approximate surface area is 87.2 Å². The minimum absolute atomic E-state index is 0.446. The molecule has 0 spiro atoms. The largest absolute Gasteiger partial charge is 0.354 e. The SMILES string of the molecule is c1cc(C2CNc3ncnn3C2)ccn1. The molecule has 76 valence electrons. The molecule has 5 nitrogen and oxygen atoms in total. The summed E-state index contributed by atoms with van der Waals surface area (Å²) in [4.78, 5) is 8.13. The third-order valence-electron chi connectivity index (χ3n) is 2.69. The van der Waals surface area contributed by atoms with Gasteiger partial charge in [-0.15, -0.1) is 0 Å². The Balaban J connectivity index is 1.88. The van der Waals surface area contributed by atoms with E-state index >= 15 is 0 Å². The van der Waals surface area contributed by atoms with Gasteiger partial charge < -0.3 is 5.32 Å². The number of hydrogen-bond acceptors (Lipinski definition) is 4. The van der Waals surface area contributed by atoms with E-state index in [0.29, 0.717) is 5.92 Å². The van der Waals surface area contributed by atoms with Gasteiger partial charge in [-0.1, -0.05) is 0 Å². The van der Waals surface area contributed by atoms with Crippen molar-refractivity contribution >= 4 is 5.95 Å². The molecule has 0 fully saturated rings. The highest BCUT2D eigenvalue weighted by Crippen LogP contribution is 2.22. The molecule has 0 aliphatic carbocycles. The van der Waals surface area contributed by atoms with Gasteiger partial charge in [0.1, 0.15) is 6.33 Å². The number of pyridine rings is 1. The maximum absolute atomic E-state index is 4.16. The molecule has 1 atom stereocenters. The van der Waals surface area contributed by atoms with Gasteiger partial charge in [-0.3, -0.25) is 4.98 Å². The normalized spacial score (nSPS) is 19.3. The van der Waals surface area contributed by atoms with Crippen LogP contribution in [0, 0.1) is 0 Å². The highest BCUT2D eigenvalue weighted by Gasteiger charge is 2.20. The lowest BCUT2D eigenvalue weighted by Crippen LogP contribution is -2.26. The van der Waals surface area contributed by atoms with E-state index in [1.54, 1.807) is 6.33 Å². The molecule has 0 saturated carbocycles. The van der Waals surface area contributed by atoms with Crippen LogP contribution in [0.15, 0.2) is 30.9 Å². The van der Waals surface area contributed by atoms with Gasteiger partial charge in [0.15, 0.2) is 0 Å². The predicted octanol–water partition coefficient (Wildman–Crippen LogP) is 0.882. The summed E-state index contributed by atoms with van der Waals surface area (Å²) in [5, 5.41) is 7.42. The minimum atomic E-state index is 0.446. The summed E-state index contributed by atoms with van der Waals surface area (Å²) in [5.41, 5.74) is 1.29. The first kappa shape index (κ1) is 8.40. The summed E-state index contributed by atoms with van der Waals surface area (Å²) < 4.78 is 1.90. The van der Waals surface area contributed by atoms with Crippen molar-refractivity contribution in [3.8, 4) is 0 Å². The van der Waals surface area contributed by atoms with Crippen molar-refractivity contribution in [1.82, 2.24) is 19.7 Å². The van der Waals surface area contributed by atoms with E-state index in [4.69, 9.17) is 0 Å². The second-order valence-corrected chi connectivity index (χ2v) is 3.62. The number of nitrogens with one attached hydrogen (secondary N) is 1. The van der Waals surface area contributed by atoms with Crippen LogP contribution in [0.2, 0.25) is 0 Å². The highest BCUT2D eigenvalue weighted by atomic mass is 15.4. The van der Waals surface area contributed by atoms with Crippen LogP contribution in [0.4, 0.5) is 5.95 Å². The zero-order valence-electron chi connectivity index (χ0n) is 8.17. The number of nitrogens with zero attached hydrogens (tertiary/aromatic N) is 4. The molecule has 1 aliphatic heterocycles. The first-order valence-electron chi connectivity index (χ1n) is 4.95. The summed E-state index contributed by atoms with van der Waals surface area (Å²) in [5.74, 6) is 1.31. The lowest BCUT2D eigenvalue weighted by molar-refractivity contribution is 0.503. The van der Waals surface area contributed by atoms with E-state index in [-0.39, 0.29) is 0 Å². The molecule has 3 rings (SSSR count). The van der Waals surface area contributed by atoms with E-state index in [2.05, 4.69) is 20.4 Å². The zero-order valence-corrected chi connectivity index (χ0v) is 8.17. The molecular formula is C10H11N5. The van der Waals surface area contributed by atoms with Crippen molar-refractivity contribution < 1.29 is 0 Å². The third kappa shape index (κ3) is 1.45. The fraction of sp³-hybridized carbons (Fsp3) is 0.300. The fourth-order valence-electron chi connectivity index (χ4n) is 1.88. The van der Waals surface area contributed by atoms with Crippen LogP contribution >= 0.6 is 0 Å². The number of aromatic nitrogens is 4. The smallest absolute Gasteiger partial charge is 0.221 e. The van der Waals surface area contributed by atoms with E-state index in [1.165, 1.54) is 5.56 Å². The number of hydrogen-bond donors (Lipinski definition) is 1. The maximum Gasteiger partial charge on any atom is 0.221 e. The second-order valence-electron chi connectivity index (χ2n) is 3.62. The molecule has 15 heavy (non-hydrogen) atoms. The Kier molecular flexibility index (Phi) is 1.87. The van der Waals surface area contributed by atoms with Crippen LogP contribution in [0.3, 0.4) is 0 Å². The molecule has 0 amide bonds. The standard InChI is InChI=1S/C10H11N5/c1-3-11-4-2-8(1)9-5-12-10-13-7-14-15(10)6-9/h1-4,7,9H,5-6H2,(H,12,13,14). The maximum atomic E-state index is 4.16. The molecular weight excluding hydrogens is 190 g/mol. The second kappa shape index (κ2) is 3.34. The van der Waals surface area contributed by atoms with Crippen molar-refractivity contribution in [2.75, 3.05) is 11.9 Å². The molecule has 2 aromatic heterocycles. The van der Waals surface area contributed by atoms with Gasteiger partial charge in [0.25, 0.3) is 0 Å². The Morgan fingerprint density at radius 3 is 3.07 bits per heavy atom. The molecule has 1 aliphatic rings. The summed E-state index contributed by atoms with van der Waals surface area (Å²) >= 11 is 0. The molecule has 1 N–H and O–H groups in total. The molecule has 3 heterocycles. The van der Waals surface area contributed by atoms with E-state index in [1.807, 2.05) is 29.2 Å². The lowest BCUT2D eigenvalue weighted by Gasteiger charge is -2.23. The van der Waals surface area contributed by atoms with Crippen molar-refractivity contribution in [3.05, 3.63) is 36.4 Å². The van der Waals surface area contributed by atoms with Crippen molar-refractivity contribution in [2.24, 2.45) is 0 Å². The summed E-state index contributed by atoms with van der Waals surface area (Å²) in [6.07, 6.45) is 5.23. The summed E-state index contributed by atoms with van der Waals surface area (Å²) in [6.45, 7) is 1.79. The molecule has 1 unspecified atom stereocenters. The number of anilines is 1. The van der Waals surface area contributed by atoms with E-state index in [9.17, 15) is 0 Å². The first-order chi connectivity index (χ1) is 7.43. The van der Waals surface area contributed by atoms with E-state index < -0.39 is 0 Å². The predicted molar refractivity (Wildman–Crippen MR) is 55.5 cm³/mol. The topological polar surface area (TPSA) is 55.6 Å². The fourth-order valence-corrected chi connectivity index (χ4v) is 1.88. The molecule has 0 bridgehead atoms. The van der Waals surface area contributed by atoms with Gasteiger partial charge in [0, 0.05) is 24.9 Å². The number of fused-ring (bicyclic) bond motifs is 1. The summed E-state index contributed by atoms with van der Waals surface area (Å²) in [6, 6.07) is 4.10. The Hall–Kier alpha value is -1.91. The van der Waals surface area contributed by atoms with Gasteiger partial charge in [0.05, 0.1) is 6.54 Å². The van der Waals surface area contributed by atoms with Gasteiger partial charge in [-0.25, -0.2) is 4.68 Å².